The van der Waals surface area contributed by atoms with E-state index < -0.39 is 12.8 Å². The van der Waals surface area contributed by atoms with Crippen molar-refractivity contribution in [2.24, 2.45) is 0 Å². The van der Waals surface area contributed by atoms with Gasteiger partial charge in [-0.1, -0.05) is 24.6 Å². The molecule has 6 heteroatoms. The molecule has 0 aliphatic rings. The number of benzene rings is 1. The van der Waals surface area contributed by atoms with Crippen LogP contribution in [0.4, 0.5) is 13.2 Å². The molecule has 0 spiro atoms. The lowest BCUT2D eigenvalue weighted by Crippen LogP contribution is -2.21. The van der Waals surface area contributed by atoms with Gasteiger partial charge in [0.25, 0.3) is 0 Å². The maximum Gasteiger partial charge on any atom is 0.411 e. The largest absolute Gasteiger partial charge is 0.491 e. The minimum atomic E-state index is -4.30. The molecule has 120 valence electrons. The van der Waals surface area contributed by atoms with Gasteiger partial charge in [0.2, 0.25) is 0 Å². The van der Waals surface area contributed by atoms with Gasteiger partial charge in [0, 0.05) is 11.6 Å². The number of rotatable bonds is 8. The smallest absolute Gasteiger partial charge is 0.411 e. The molecular weight excluding hydrogens is 283 g/mol. The van der Waals surface area contributed by atoms with E-state index in [1.807, 2.05) is 39.0 Å². The number of ether oxygens (including phenoxy) is 2. The van der Waals surface area contributed by atoms with Gasteiger partial charge in [-0.05, 0) is 26.5 Å². The van der Waals surface area contributed by atoms with Crippen molar-refractivity contribution in [1.82, 2.24) is 5.32 Å². The zero-order chi connectivity index (χ0) is 15.9. The Balaban J connectivity index is 2.54. The maximum absolute atomic E-state index is 11.9. The lowest BCUT2D eigenvalue weighted by Gasteiger charge is -2.18. The van der Waals surface area contributed by atoms with Crippen LogP contribution in [-0.4, -0.2) is 32.5 Å². The second kappa shape index (κ2) is 8.24. The summed E-state index contributed by atoms with van der Waals surface area (Å²) in [5.41, 5.74) is 2.10. The fraction of sp³-hybridized carbons (Fsp3) is 0.600. The Bertz CT molecular complexity index is 435. The number of aryl methyl sites for hydroxylation is 1. The molecule has 0 amide bonds. The molecule has 1 atom stereocenters. The molecule has 1 aromatic carbocycles. The van der Waals surface area contributed by atoms with Gasteiger partial charge in [-0.25, -0.2) is 0 Å². The first-order valence-corrected chi connectivity index (χ1v) is 6.94. The van der Waals surface area contributed by atoms with Crippen molar-refractivity contribution < 1.29 is 22.6 Å². The lowest BCUT2D eigenvalue weighted by atomic mass is 10.0. The molecule has 0 saturated heterocycles. The Morgan fingerprint density at radius 1 is 1.24 bits per heavy atom. The van der Waals surface area contributed by atoms with Gasteiger partial charge in [-0.3, -0.25) is 0 Å². The van der Waals surface area contributed by atoms with Gasteiger partial charge in [-0.2, -0.15) is 13.2 Å². The first-order chi connectivity index (χ1) is 9.83. The quantitative estimate of drug-likeness (QED) is 0.744. The van der Waals surface area contributed by atoms with E-state index in [9.17, 15) is 13.2 Å². The molecule has 1 N–H and O–H groups in total. The fourth-order valence-electron chi connectivity index (χ4n) is 1.95. The van der Waals surface area contributed by atoms with Crippen molar-refractivity contribution in [3.8, 4) is 5.75 Å². The third-order valence-electron chi connectivity index (χ3n) is 2.89. The molecule has 3 nitrogen and oxygen atoms in total. The zero-order valence-corrected chi connectivity index (χ0v) is 12.6. The monoisotopic (exact) mass is 305 g/mol. The van der Waals surface area contributed by atoms with Gasteiger partial charge in [-0.15, -0.1) is 0 Å². The average Bonchev–Trinajstić information content (AvgIpc) is 2.38. The van der Waals surface area contributed by atoms with Gasteiger partial charge in [0.1, 0.15) is 19.0 Å². The Hall–Kier alpha value is -1.27. The van der Waals surface area contributed by atoms with Gasteiger partial charge < -0.3 is 14.8 Å². The standard InChI is InChI=1S/C15H22F3NO2/c1-4-19-12(3)13-9-11(2)5-6-14(13)21-8-7-20-10-15(16,17)18/h5-6,9,12,19H,4,7-8,10H2,1-3H3. The summed E-state index contributed by atoms with van der Waals surface area (Å²) in [7, 11) is 0. The van der Waals surface area contributed by atoms with Crippen LogP contribution in [0.15, 0.2) is 18.2 Å². The van der Waals surface area contributed by atoms with Gasteiger partial charge >= 0.3 is 6.18 Å². The van der Waals surface area contributed by atoms with Crippen molar-refractivity contribution in [2.75, 3.05) is 26.4 Å². The first-order valence-electron chi connectivity index (χ1n) is 6.94. The van der Waals surface area contributed by atoms with Crippen molar-refractivity contribution >= 4 is 0 Å². The van der Waals surface area contributed by atoms with Crippen molar-refractivity contribution in [3.05, 3.63) is 29.3 Å². The number of hydrogen-bond donors (Lipinski definition) is 1. The van der Waals surface area contributed by atoms with Crippen LogP contribution in [0.25, 0.3) is 0 Å². The van der Waals surface area contributed by atoms with E-state index in [1.54, 1.807) is 0 Å². The van der Waals surface area contributed by atoms with Crippen molar-refractivity contribution in [1.29, 1.82) is 0 Å². The second-order valence-corrected chi connectivity index (χ2v) is 4.84. The molecule has 0 fully saturated rings. The Morgan fingerprint density at radius 3 is 2.57 bits per heavy atom. The molecule has 0 bridgehead atoms. The molecule has 0 saturated carbocycles. The summed E-state index contributed by atoms with van der Waals surface area (Å²) < 4.78 is 45.9. The second-order valence-electron chi connectivity index (χ2n) is 4.84. The van der Waals surface area contributed by atoms with E-state index in [2.05, 4.69) is 10.1 Å². The Labute approximate surface area is 123 Å². The Kier molecular flexibility index (Phi) is 6.98. The van der Waals surface area contributed by atoms with Crippen LogP contribution in [0.1, 0.15) is 31.0 Å². The third-order valence-corrected chi connectivity index (χ3v) is 2.89. The van der Waals surface area contributed by atoms with E-state index in [1.165, 1.54) is 0 Å². The molecular formula is C15H22F3NO2. The molecule has 0 heterocycles. The minimum Gasteiger partial charge on any atom is -0.491 e. The van der Waals surface area contributed by atoms with Gasteiger partial charge in [0.15, 0.2) is 0 Å². The third kappa shape index (κ3) is 6.82. The first kappa shape index (κ1) is 17.8. The highest BCUT2D eigenvalue weighted by Crippen LogP contribution is 2.26. The average molecular weight is 305 g/mol. The highest BCUT2D eigenvalue weighted by Gasteiger charge is 2.27. The summed E-state index contributed by atoms with van der Waals surface area (Å²) in [5, 5.41) is 3.29. The topological polar surface area (TPSA) is 30.5 Å². The van der Waals surface area contributed by atoms with Crippen LogP contribution in [0, 0.1) is 6.92 Å². The summed E-state index contributed by atoms with van der Waals surface area (Å²) in [6, 6.07) is 5.87. The molecule has 0 radical (unpaired) electrons. The highest BCUT2D eigenvalue weighted by molar-refractivity contribution is 5.38. The molecule has 1 unspecified atom stereocenters. The number of alkyl halides is 3. The Morgan fingerprint density at radius 2 is 1.95 bits per heavy atom. The van der Waals surface area contributed by atoms with Crippen molar-refractivity contribution in [3.63, 3.8) is 0 Å². The SMILES string of the molecule is CCNC(C)c1cc(C)ccc1OCCOCC(F)(F)F. The van der Waals surface area contributed by atoms with Crippen LogP contribution >= 0.6 is 0 Å². The van der Waals surface area contributed by atoms with Crippen LogP contribution < -0.4 is 10.1 Å². The number of hydrogen-bond acceptors (Lipinski definition) is 3. The maximum atomic E-state index is 11.9. The number of nitrogens with one attached hydrogen (secondary N) is 1. The van der Waals surface area contributed by atoms with E-state index in [0.717, 1.165) is 17.7 Å². The molecule has 0 aromatic heterocycles. The summed E-state index contributed by atoms with van der Waals surface area (Å²) in [6.45, 7) is 5.59. The molecule has 1 rings (SSSR count). The zero-order valence-electron chi connectivity index (χ0n) is 12.6. The van der Waals surface area contributed by atoms with E-state index in [-0.39, 0.29) is 19.3 Å². The minimum absolute atomic E-state index is 0.0883. The van der Waals surface area contributed by atoms with E-state index in [4.69, 9.17) is 4.74 Å². The summed E-state index contributed by atoms with van der Waals surface area (Å²) in [4.78, 5) is 0. The van der Waals surface area contributed by atoms with Gasteiger partial charge in [0.05, 0.1) is 6.61 Å². The van der Waals surface area contributed by atoms with Crippen LogP contribution in [0.2, 0.25) is 0 Å². The fourth-order valence-corrected chi connectivity index (χ4v) is 1.95. The van der Waals surface area contributed by atoms with Crippen LogP contribution in [0.5, 0.6) is 5.75 Å². The van der Waals surface area contributed by atoms with E-state index in [0.29, 0.717) is 5.75 Å². The van der Waals surface area contributed by atoms with Crippen LogP contribution in [0.3, 0.4) is 0 Å². The summed E-state index contributed by atoms with van der Waals surface area (Å²) in [5.74, 6) is 0.671. The molecule has 1 aromatic rings. The molecule has 0 aliphatic carbocycles. The predicted octanol–water partition coefficient (Wildman–Crippen LogP) is 3.62. The molecule has 0 aliphatic heterocycles. The predicted molar refractivity (Wildman–Crippen MR) is 75.6 cm³/mol. The van der Waals surface area contributed by atoms with Crippen molar-refractivity contribution in [2.45, 2.75) is 33.0 Å². The lowest BCUT2D eigenvalue weighted by molar-refractivity contribution is -0.175. The highest BCUT2D eigenvalue weighted by atomic mass is 19.4. The number of halogens is 3. The van der Waals surface area contributed by atoms with E-state index >= 15 is 0 Å². The summed E-state index contributed by atoms with van der Waals surface area (Å²) in [6.07, 6.45) is -4.30. The normalized spacial score (nSPS) is 13.2. The summed E-state index contributed by atoms with van der Waals surface area (Å²) >= 11 is 0. The van der Waals surface area contributed by atoms with Crippen LogP contribution in [-0.2, 0) is 4.74 Å². The molecule has 21 heavy (non-hydrogen) atoms.